The summed E-state index contributed by atoms with van der Waals surface area (Å²) in [4.78, 5) is 19.9. The Hall–Kier alpha value is -2.14. The highest BCUT2D eigenvalue weighted by atomic mass is 32.1. The second kappa shape index (κ2) is 6.23. The first kappa shape index (κ1) is 16.1. The number of fused-ring (bicyclic) bond motifs is 5. The van der Waals surface area contributed by atoms with Gasteiger partial charge in [0.25, 0.3) is 5.56 Å². The van der Waals surface area contributed by atoms with Crippen LogP contribution in [0, 0.1) is 5.92 Å². The molecule has 3 atom stereocenters. The lowest BCUT2D eigenvalue weighted by molar-refractivity contribution is 0.202. The molecule has 0 radical (unpaired) electrons. The molecule has 3 aromatic rings. The highest BCUT2D eigenvalue weighted by Crippen LogP contribution is 2.44. The SMILES string of the molecule is CCC[C@H]1[C@H]2C[C@H](CN(c3nc4ccccc4s3)C2)c2cccc(=O)n21. The monoisotopic (exact) mass is 365 g/mol. The lowest BCUT2D eigenvalue weighted by atomic mass is 9.77. The molecule has 0 N–H and O–H groups in total. The smallest absolute Gasteiger partial charge is 0.250 e. The van der Waals surface area contributed by atoms with Crippen LogP contribution < -0.4 is 10.5 Å². The van der Waals surface area contributed by atoms with Gasteiger partial charge in [-0.25, -0.2) is 4.98 Å². The van der Waals surface area contributed by atoms with E-state index in [1.807, 2.05) is 6.07 Å². The third kappa shape index (κ3) is 2.49. The van der Waals surface area contributed by atoms with Crippen LogP contribution >= 0.6 is 11.3 Å². The number of benzene rings is 1. The number of nitrogens with zero attached hydrogens (tertiary/aromatic N) is 3. The van der Waals surface area contributed by atoms with Gasteiger partial charge in [0, 0.05) is 36.8 Å². The Labute approximate surface area is 157 Å². The van der Waals surface area contributed by atoms with Crippen molar-refractivity contribution in [3.8, 4) is 0 Å². The average molecular weight is 366 g/mol. The first-order valence-electron chi connectivity index (χ1n) is 9.56. The van der Waals surface area contributed by atoms with E-state index >= 15 is 0 Å². The second-order valence-corrected chi connectivity index (χ2v) is 8.59. The molecular weight excluding hydrogens is 342 g/mol. The number of rotatable bonds is 3. The predicted molar refractivity (Wildman–Crippen MR) is 107 cm³/mol. The van der Waals surface area contributed by atoms with E-state index in [4.69, 9.17) is 4.98 Å². The number of anilines is 1. The predicted octanol–water partition coefficient (Wildman–Crippen LogP) is 4.42. The number of para-hydroxylation sites is 1. The van der Waals surface area contributed by atoms with Crippen molar-refractivity contribution in [2.24, 2.45) is 5.92 Å². The summed E-state index contributed by atoms with van der Waals surface area (Å²) >= 11 is 1.79. The first-order valence-corrected chi connectivity index (χ1v) is 10.4. The molecule has 5 rings (SSSR count). The first-order chi connectivity index (χ1) is 12.7. The maximum Gasteiger partial charge on any atom is 0.250 e. The minimum absolute atomic E-state index is 0.170. The third-order valence-electron chi connectivity index (χ3n) is 5.94. The van der Waals surface area contributed by atoms with E-state index in [0.717, 1.165) is 36.6 Å². The summed E-state index contributed by atoms with van der Waals surface area (Å²) in [6.45, 7) is 4.17. The number of aromatic nitrogens is 2. The molecule has 1 aromatic carbocycles. The van der Waals surface area contributed by atoms with E-state index in [-0.39, 0.29) is 5.56 Å². The second-order valence-electron chi connectivity index (χ2n) is 7.58. The van der Waals surface area contributed by atoms with Crippen LogP contribution in [0.15, 0.2) is 47.3 Å². The van der Waals surface area contributed by atoms with Crippen LogP contribution in [0.5, 0.6) is 0 Å². The fraction of sp³-hybridized carbons (Fsp3) is 0.429. The van der Waals surface area contributed by atoms with Gasteiger partial charge < -0.3 is 9.47 Å². The molecule has 1 fully saturated rings. The number of hydrogen-bond donors (Lipinski definition) is 0. The fourth-order valence-corrected chi connectivity index (χ4v) is 5.84. The van der Waals surface area contributed by atoms with Crippen LogP contribution in [0.1, 0.15) is 43.8 Å². The Morgan fingerprint density at radius 3 is 2.88 bits per heavy atom. The average Bonchev–Trinajstić information content (AvgIpc) is 3.09. The highest BCUT2D eigenvalue weighted by molar-refractivity contribution is 7.22. The van der Waals surface area contributed by atoms with E-state index in [2.05, 4.69) is 46.7 Å². The summed E-state index contributed by atoms with van der Waals surface area (Å²) in [6.07, 6.45) is 3.37. The molecule has 2 aromatic heterocycles. The van der Waals surface area contributed by atoms with Crippen molar-refractivity contribution in [3.05, 3.63) is 58.5 Å². The number of pyridine rings is 1. The molecule has 0 amide bonds. The van der Waals surface area contributed by atoms with Gasteiger partial charge in [-0.05, 0) is 37.0 Å². The zero-order valence-corrected chi connectivity index (χ0v) is 15.8. The van der Waals surface area contributed by atoms with Crippen molar-refractivity contribution in [1.29, 1.82) is 0 Å². The standard InChI is InChI=1S/C21H23N3OS/c1-2-6-17-14-11-15(18-8-5-10-20(25)24(17)18)13-23(12-14)21-22-16-7-3-4-9-19(16)26-21/h3-5,7-10,14-15,17H,2,6,11-13H2,1H3/t14-,15+,17-/m0/s1. The lowest BCUT2D eigenvalue weighted by Crippen LogP contribution is -2.49. The molecule has 2 aliphatic rings. The van der Waals surface area contributed by atoms with Gasteiger partial charge in [-0.2, -0.15) is 0 Å². The molecule has 0 aliphatic carbocycles. The Kier molecular flexibility index (Phi) is 3.85. The van der Waals surface area contributed by atoms with E-state index in [0.29, 0.717) is 17.9 Å². The largest absolute Gasteiger partial charge is 0.347 e. The summed E-state index contributed by atoms with van der Waals surface area (Å²) in [5, 5.41) is 1.13. The van der Waals surface area contributed by atoms with E-state index in [1.165, 1.54) is 16.8 Å². The van der Waals surface area contributed by atoms with Gasteiger partial charge in [0.05, 0.1) is 10.2 Å². The third-order valence-corrected chi connectivity index (χ3v) is 7.03. The summed E-state index contributed by atoms with van der Waals surface area (Å²) in [5.41, 5.74) is 2.48. The van der Waals surface area contributed by atoms with E-state index in [9.17, 15) is 4.79 Å². The Morgan fingerprint density at radius 1 is 1.15 bits per heavy atom. The molecular formula is C21H23N3OS. The number of thiazole rings is 1. The Balaban J connectivity index is 1.55. The molecule has 4 nitrogen and oxygen atoms in total. The molecule has 4 heterocycles. The summed E-state index contributed by atoms with van der Waals surface area (Å²) in [6, 6.07) is 14.5. The molecule has 5 heteroatoms. The lowest BCUT2D eigenvalue weighted by Gasteiger charge is -2.47. The normalized spacial score (nSPS) is 24.7. The van der Waals surface area contributed by atoms with Gasteiger partial charge in [0.1, 0.15) is 0 Å². The molecule has 0 spiro atoms. The van der Waals surface area contributed by atoms with Gasteiger partial charge in [-0.15, -0.1) is 0 Å². The van der Waals surface area contributed by atoms with Crippen LogP contribution in [0.25, 0.3) is 10.2 Å². The van der Waals surface area contributed by atoms with Crippen molar-refractivity contribution < 1.29 is 0 Å². The van der Waals surface area contributed by atoms with Gasteiger partial charge >= 0.3 is 0 Å². The maximum atomic E-state index is 12.6. The summed E-state index contributed by atoms with van der Waals surface area (Å²) in [7, 11) is 0. The highest BCUT2D eigenvalue weighted by Gasteiger charge is 2.40. The minimum Gasteiger partial charge on any atom is -0.347 e. The topological polar surface area (TPSA) is 38.1 Å². The quantitative estimate of drug-likeness (QED) is 0.689. The van der Waals surface area contributed by atoms with Crippen LogP contribution in [0.2, 0.25) is 0 Å². The van der Waals surface area contributed by atoms with Crippen LogP contribution in [-0.2, 0) is 0 Å². The van der Waals surface area contributed by atoms with Gasteiger partial charge in [-0.3, -0.25) is 4.79 Å². The number of hydrogen-bond acceptors (Lipinski definition) is 4. The van der Waals surface area contributed by atoms with Crippen molar-refractivity contribution in [3.63, 3.8) is 0 Å². The summed E-state index contributed by atoms with van der Waals surface area (Å²) in [5.74, 6) is 0.941. The number of piperidine rings is 1. The molecule has 1 saturated heterocycles. The Bertz CT molecular complexity index is 975. The van der Waals surface area contributed by atoms with Crippen molar-refractivity contribution in [2.75, 3.05) is 18.0 Å². The van der Waals surface area contributed by atoms with E-state index < -0.39 is 0 Å². The molecule has 0 saturated carbocycles. The van der Waals surface area contributed by atoms with E-state index in [1.54, 1.807) is 17.4 Å². The fourth-order valence-electron chi connectivity index (χ4n) is 4.86. The van der Waals surface area contributed by atoms with Crippen LogP contribution in [-0.4, -0.2) is 22.6 Å². The molecule has 2 aliphatic heterocycles. The molecule has 2 bridgehead atoms. The zero-order chi connectivity index (χ0) is 17.7. The zero-order valence-electron chi connectivity index (χ0n) is 15.0. The summed E-state index contributed by atoms with van der Waals surface area (Å²) < 4.78 is 3.36. The van der Waals surface area contributed by atoms with Crippen molar-refractivity contribution in [1.82, 2.24) is 9.55 Å². The minimum atomic E-state index is 0.170. The van der Waals surface area contributed by atoms with Gasteiger partial charge in [0.2, 0.25) is 0 Å². The van der Waals surface area contributed by atoms with Crippen LogP contribution in [0.4, 0.5) is 5.13 Å². The van der Waals surface area contributed by atoms with Crippen molar-refractivity contribution >= 4 is 26.7 Å². The maximum absolute atomic E-state index is 12.6. The van der Waals surface area contributed by atoms with Crippen molar-refractivity contribution in [2.45, 2.75) is 38.1 Å². The van der Waals surface area contributed by atoms with Gasteiger partial charge in [-0.1, -0.05) is 42.9 Å². The Morgan fingerprint density at radius 2 is 2.04 bits per heavy atom. The van der Waals surface area contributed by atoms with Gasteiger partial charge in [0.15, 0.2) is 5.13 Å². The van der Waals surface area contributed by atoms with Crippen LogP contribution in [0.3, 0.4) is 0 Å². The molecule has 0 unspecified atom stereocenters. The molecule has 26 heavy (non-hydrogen) atoms. The molecule has 134 valence electrons.